The SMILES string of the molecule is CCOc1ccc(C(=O)NCC(O)C2CC2)cc1. The fourth-order valence-corrected chi connectivity index (χ4v) is 1.82. The van der Waals surface area contributed by atoms with E-state index in [4.69, 9.17) is 4.74 Å². The fraction of sp³-hybridized carbons (Fsp3) is 0.500. The van der Waals surface area contributed by atoms with Crippen LogP contribution in [0.25, 0.3) is 0 Å². The molecule has 1 fully saturated rings. The van der Waals surface area contributed by atoms with E-state index in [1.54, 1.807) is 24.3 Å². The molecule has 2 rings (SSSR count). The molecule has 2 N–H and O–H groups in total. The Balaban J connectivity index is 1.83. The highest BCUT2D eigenvalue weighted by atomic mass is 16.5. The molecule has 1 aromatic carbocycles. The Morgan fingerprint density at radius 2 is 2.11 bits per heavy atom. The van der Waals surface area contributed by atoms with Gasteiger partial charge in [0.05, 0.1) is 12.7 Å². The Morgan fingerprint density at radius 3 is 2.67 bits per heavy atom. The summed E-state index contributed by atoms with van der Waals surface area (Å²) in [4.78, 5) is 11.8. The number of carbonyl (C=O) groups is 1. The molecule has 1 saturated carbocycles. The molecule has 1 unspecified atom stereocenters. The van der Waals surface area contributed by atoms with Crippen LogP contribution in [0, 0.1) is 5.92 Å². The van der Waals surface area contributed by atoms with Gasteiger partial charge in [0.2, 0.25) is 0 Å². The predicted octanol–water partition coefficient (Wildman–Crippen LogP) is 1.59. The van der Waals surface area contributed by atoms with E-state index >= 15 is 0 Å². The summed E-state index contributed by atoms with van der Waals surface area (Å²) in [7, 11) is 0. The van der Waals surface area contributed by atoms with E-state index in [-0.39, 0.29) is 5.91 Å². The number of hydrogen-bond acceptors (Lipinski definition) is 3. The van der Waals surface area contributed by atoms with E-state index in [0.717, 1.165) is 18.6 Å². The first kappa shape index (κ1) is 12.9. The van der Waals surface area contributed by atoms with Gasteiger partial charge in [-0.3, -0.25) is 4.79 Å². The molecule has 1 atom stereocenters. The van der Waals surface area contributed by atoms with Gasteiger partial charge in [-0.25, -0.2) is 0 Å². The molecule has 98 valence electrons. The van der Waals surface area contributed by atoms with Gasteiger partial charge in [0.15, 0.2) is 0 Å². The highest BCUT2D eigenvalue weighted by Gasteiger charge is 2.29. The molecular formula is C14H19NO3. The monoisotopic (exact) mass is 249 g/mol. The molecule has 1 aromatic rings. The summed E-state index contributed by atoms with van der Waals surface area (Å²) in [5.41, 5.74) is 0.585. The van der Waals surface area contributed by atoms with Crippen molar-refractivity contribution in [2.45, 2.75) is 25.9 Å². The van der Waals surface area contributed by atoms with Gasteiger partial charge < -0.3 is 15.2 Å². The van der Waals surface area contributed by atoms with E-state index in [1.165, 1.54) is 0 Å². The van der Waals surface area contributed by atoms with Crippen LogP contribution in [0.15, 0.2) is 24.3 Å². The highest BCUT2D eigenvalue weighted by Crippen LogP contribution is 2.32. The summed E-state index contributed by atoms with van der Waals surface area (Å²) in [5.74, 6) is 0.982. The van der Waals surface area contributed by atoms with Gasteiger partial charge in [0.1, 0.15) is 5.75 Å². The van der Waals surface area contributed by atoms with E-state index in [9.17, 15) is 9.90 Å². The van der Waals surface area contributed by atoms with Gasteiger partial charge >= 0.3 is 0 Å². The summed E-state index contributed by atoms with van der Waals surface area (Å²) < 4.78 is 5.31. The first-order chi connectivity index (χ1) is 8.70. The molecule has 1 amide bonds. The standard InChI is InChI=1S/C14H19NO3/c1-2-18-12-7-5-11(6-8-12)14(17)15-9-13(16)10-3-4-10/h5-8,10,13,16H,2-4,9H2,1H3,(H,15,17). The number of amides is 1. The Hall–Kier alpha value is -1.55. The van der Waals surface area contributed by atoms with Crippen molar-refractivity contribution >= 4 is 5.91 Å². The molecule has 1 aliphatic carbocycles. The molecule has 0 aromatic heterocycles. The second kappa shape index (κ2) is 5.87. The largest absolute Gasteiger partial charge is 0.494 e. The maximum Gasteiger partial charge on any atom is 0.251 e. The Morgan fingerprint density at radius 1 is 1.44 bits per heavy atom. The zero-order valence-corrected chi connectivity index (χ0v) is 10.6. The summed E-state index contributed by atoms with van der Waals surface area (Å²) in [6.45, 7) is 2.86. The van der Waals surface area contributed by atoms with Crippen LogP contribution >= 0.6 is 0 Å². The van der Waals surface area contributed by atoms with Crippen LogP contribution < -0.4 is 10.1 Å². The zero-order chi connectivity index (χ0) is 13.0. The van der Waals surface area contributed by atoms with Crippen LogP contribution in [-0.4, -0.2) is 30.3 Å². The Labute approximate surface area is 107 Å². The first-order valence-corrected chi connectivity index (χ1v) is 6.40. The number of benzene rings is 1. The van der Waals surface area contributed by atoms with Crippen molar-refractivity contribution in [3.63, 3.8) is 0 Å². The lowest BCUT2D eigenvalue weighted by atomic mass is 10.2. The van der Waals surface area contributed by atoms with Gasteiger partial charge in [0.25, 0.3) is 5.91 Å². The lowest BCUT2D eigenvalue weighted by Gasteiger charge is -2.11. The van der Waals surface area contributed by atoms with Gasteiger partial charge in [-0.1, -0.05) is 0 Å². The van der Waals surface area contributed by atoms with Crippen LogP contribution in [-0.2, 0) is 0 Å². The van der Waals surface area contributed by atoms with E-state index in [1.807, 2.05) is 6.92 Å². The first-order valence-electron chi connectivity index (χ1n) is 6.40. The van der Waals surface area contributed by atoms with Crippen LogP contribution in [0.4, 0.5) is 0 Å². The average molecular weight is 249 g/mol. The van der Waals surface area contributed by atoms with Gasteiger partial charge in [-0.15, -0.1) is 0 Å². The van der Waals surface area contributed by atoms with Crippen molar-refractivity contribution in [2.24, 2.45) is 5.92 Å². The van der Waals surface area contributed by atoms with Gasteiger partial charge in [-0.2, -0.15) is 0 Å². The lowest BCUT2D eigenvalue weighted by Crippen LogP contribution is -2.33. The topological polar surface area (TPSA) is 58.6 Å². The van der Waals surface area contributed by atoms with E-state index in [2.05, 4.69) is 5.32 Å². The smallest absolute Gasteiger partial charge is 0.251 e. The van der Waals surface area contributed by atoms with Crippen molar-refractivity contribution in [3.05, 3.63) is 29.8 Å². The number of aliphatic hydroxyl groups excluding tert-OH is 1. The van der Waals surface area contributed by atoms with E-state index in [0.29, 0.717) is 24.6 Å². The third kappa shape index (κ3) is 3.47. The second-order valence-corrected chi connectivity index (χ2v) is 4.57. The van der Waals surface area contributed by atoms with Crippen molar-refractivity contribution < 1.29 is 14.6 Å². The van der Waals surface area contributed by atoms with Crippen molar-refractivity contribution in [1.29, 1.82) is 0 Å². The third-order valence-corrected chi connectivity index (χ3v) is 3.07. The molecule has 0 bridgehead atoms. The summed E-state index contributed by atoms with van der Waals surface area (Å²) in [5, 5.41) is 12.4. The fourth-order valence-electron chi connectivity index (χ4n) is 1.82. The quantitative estimate of drug-likeness (QED) is 0.805. The highest BCUT2D eigenvalue weighted by molar-refractivity contribution is 5.94. The van der Waals surface area contributed by atoms with E-state index < -0.39 is 6.10 Å². The molecule has 0 aliphatic heterocycles. The molecule has 0 radical (unpaired) electrons. The Bertz CT molecular complexity index is 398. The maximum atomic E-state index is 11.8. The van der Waals surface area contributed by atoms with Crippen LogP contribution in [0.1, 0.15) is 30.1 Å². The summed E-state index contributed by atoms with van der Waals surface area (Å²) in [6, 6.07) is 7.00. The summed E-state index contributed by atoms with van der Waals surface area (Å²) in [6.07, 6.45) is 1.73. The summed E-state index contributed by atoms with van der Waals surface area (Å²) >= 11 is 0. The molecule has 0 spiro atoms. The minimum atomic E-state index is -0.406. The molecule has 4 heteroatoms. The molecule has 18 heavy (non-hydrogen) atoms. The number of hydrogen-bond donors (Lipinski definition) is 2. The number of nitrogens with one attached hydrogen (secondary N) is 1. The van der Waals surface area contributed by atoms with Gasteiger partial charge in [0, 0.05) is 12.1 Å². The van der Waals surface area contributed by atoms with Crippen molar-refractivity contribution in [2.75, 3.05) is 13.2 Å². The number of aliphatic hydroxyl groups is 1. The Kier molecular flexibility index (Phi) is 4.20. The van der Waals surface area contributed by atoms with Crippen molar-refractivity contribution in [3.8, 4) is 5.75 Å². The van der Waals surface area contributed by atoms with Crippen LogP contribution in [0.5, 0.6) is 5.75 Å². The molecule has 0 saturated heterocycles. The number of rotatable bonds is 6. The van der Waals surface area contributed by atoms with Crippen LogP contribution in [0.2, 0.25) is 0 Å². The molecule has 1 aliphatic rings. The normalized spacial score (nSPS) is 16.1. The van der Waals surface area contributed by atoms with Crippen molar-refractivity contribution in [1.82, 2.24) is 5.32 Å². The third-order valence-electron chi connectivity index (χ3n) is 3.07. The predicted molar refractivity (Wildman–Crippen MR) is 68.7 cm³/mol. The molecule has 4 nitrogen and oxygen atoms in total. The number of carbonyl (C=O) groups excluding carboxylic acids is 1. The van der Waals surface area contributed by atoms with Crippen LogP contribution in [0.3, 0.4) is 0 Å². The second-order valence-electron chi connectivity index (χ2n) is 4.57. The number of ether oxygens (including phenoxy) is 1. The molecular weight excluding hydrogens is 230 g/mol. The zero-order valence-electron chi connectivity index (χ0n) is 10.6. The molecule has 0 heterocycles. The average Bonchev–Trinajstić information content (AvgIpc) is 3.21. The minimum absolute atomic E-state index is 0.155. The maximum absolute atomic E-state index is 11.8. The lowest BCUT2D eigenvalue weighted by molar-refractivity contribution is 0.0901. The van der Waals surface area contributed by atoms with Gasteiger partial charge in [-0.05, 0) is 49.9 Å². The minimum Gasteiger partial charge on any atom is -0.494 e.